The summed E-state index contributed by atoms with van der Waals surface area (Å²) in [5.41, 5.74) is 0.163. The third-order valence-corrected chi connectivity index (χ3v) is 6.12. The van der Waals surface area contributed by atoms with Gasteiger partial charge in [-0.25, -0.2) is 4.98 Å². The molecule has 1 aliphatic carbocycles. The van der Waals surface area contributed by atoms with Gasteiger partial charge in [-0.1, -0.05) is 19.8 Å². The van der Waals surface area contributed by atoms with Gasteiger partial charge in [0.2, 0.25) is 0 Å². The fraction of sp³-hybridized carbons (Fsp3) is 0.812. The van der Waals surface area contributed by atoms with Gasteiger partial charge in [-0.15, -0.1) is 11.3 Å². The molecule has 1 N–H and O–H groups in total. The molecule has 2 aliphatic rings. The smallest absolute Gasteiger partial charge is 0.185 e. The number of aliphatic hydroxyl groups is 1. The summed E-state index contributed by atoms with van der Waals surface area (Å²) in [7, 11) is 0. The van der Waals surface area contributed by atoms with Crippen molar-refractivity contribution in [2.24, 2.45) is 11.3 Å². The second kappa shape index (κ2) is 6.63. The first-order chi connectivity index (χ1) is 10.2. The first-order valence-electron chi connectivity index (χ1n) is 8.18. The molecule has 0 radical (unpaired) electrons. The van der Waals surface area contributed by atoms with Crippen molar-refractivity contribution >= 4 is 16.5 Å². The Labute approximate surface area is 131 Å². The number of aliphatic hydroxyl groups excluding tert-OH is 1. The van der Waals surface area contributed by atoms with Crippen LogP contribution in [0.2, 0.25) is 0 Å². The monoisotopic (exact) mass is 309 g/mol. The summed E-state index contributed by atoms with van der Waals surface area (Å²) in [6.45, 7) is 8.08. The van der Waals surface area contributed by atoms with Crippen LogP contribution >= 0.6 is 11.3 Å². The van der Waals surface area contributed by atoms with Crippen LogP contribution in [0.15, 0.2) is 11.6 Å². The van der Waals surface area contributed by atoms with Crippen LogP contribution in [-0.4, -0.2) is 54.3 Å². The lowest BCUT2D eigenvalue weighted by Gasteiger charge is -2.44. The highest BCUT2D eigenvalue weighted by atomic mass is 32.1. The van der Waals surface area contributed by atoms with E-state index < -0.39 is 0 Å². The Morgan fingerprint density at radius 3 is 2.57 bits per heavy atom. The molecular formula is C16H27N3OS. The van der Waals surface area contributed by atoms with Crippen molar-refractivity contribution in [1.29, 1.82) is 0 Å². The number of nitrogens with zero attached hydrogens (tertiary/aromatic N) is 3. The molecule has 1 aromatic rings. The maximum atomic E-state index is 9.92. The largest absolute Gasteiger partial charge is 0.396 e. The molecule has 2 heterocycles. The van der Waals surface area contributed by atoms with Crippen LogP contribution in [0.1, 0.15) is 32.6 Å². The van der Waals surface area contributed by atoms with Gasteiger partial charge in [0.25, 0.3) is 0 Å². The molecule has 1 aromatic heterocycles. The van der Waals surface area contributed by atoms with E-state index >= 15 is 0 Å². The molecule has 0 amide bonds. The van der Waals surface area contributed by atoms with E-state index in [0.29, 0.717) is 6.61 Å². The van der Waals surface area contributed by atoms with Gasteiger partial charge in [0.05, 0.1) is 0 Å². The standard InChI is InChI=1S/C16H27N3OS/c1-14-2-4-16(13-20,5-3-14)12-18-7-9-19(10-8-18)15-17-6-11-21-15/h6,11,14,20H,2-5,7-10,12-13H2,1H3. The molecule has 118 valence electrons. The normalized spacial score (nSPS) is 31.5. The molecule has 1 aliphatic heterocycles. The predicted molar refractivity (Wildman–Crippen MR) is 87.9 cm³/mol. The number of rotatable bonds is 4. The van der Waals surface area contributed by atoms with Crippen molar-refractivity contribution in [3.8, 4) is 0 Å². The van der Waals surface area contributed by atoms with E-state index in [1.54, 1.807) is 11.3 Å². The molecule has 2 fully saturated rings. The van der Waals surface area contributed by atoms with Crippen molar-refractivity contribution in [2.45, 2.75) is 32.6 Å². The number of piperazine rings is 1. The van der Waals surface area contributed by atoms with Gasteiger partial charge in [-0.3, -0.25) is 4.90 Å². The average molecular weight is 309 g/mol. The minimum absolute atomic E-state index is 0.163. The first kappa shape index (κ1) is 15.3. The van der Waals surface area contributed by atoms with Crippen molar-refractivity contribution in [3.63, 3.8) is 0 Å². The van der Waals surface area contributed by atoms with Gasteiger partial charge in [0.15, 0.2) is 5.13 Å². The Hall–Kier alpha value is -0.650. The van der Waals surface area contributed by atoms with Crippen LogP contribution in [0.4, 0.5) is 5.13 Å². The summed E-state index contributed by atoms with van der Waals surface area (Å²) < 4.78 is 0. The van der Waals surface area contributed by atoms with E-state index in [-0.39, 0.29) is 5.41 Å². The lowest BCUT2D eigenvalue weighted by Crippen LogP contribution is -2.51. The lowest BCUT2D eigenvalue weighted by molar-refractivity contribution is 0.0278. The maximum absolute atomic E-state index is 9.92. The van der Waals surface area contributed by atoms with Gasteiger partial charge in [0.1, 0.15) is 0 Å². The minimum Gasteiger partial charge on any atom is -0.396 e. The average Bonchev–Trinajstić information content (AvgIpc) is 3.05. The van der Waals surface area contributed by atoms with E-state index in [2.05, 4.69) is 21.7 Å². The Morgan fingerprint density at radius 1 is 1.29 bits per heavy atom. The quantitative estimate of drug-likeness (QED) is 0.927. The molecule has 0 aromatic carbocycles. The van der Waals surface area contributed by atoms with Gasteiger partial charge < -0.3 is 10.0 Å². The molecule has 1 saturated heterocycles. The zero-order chi connectivity index (χ0) is 14.7. The van der Waals surface area contributed by atoms with Crippen LogP contribution < -0.4 is 4.90 Å². The highest BCUT2D eigenvalue weighted by Gasteiger charge is 2.36. The van der Waals surface area contributed by atoms with Crippen molar-refractivity contribution in [3.05, 3.63) is 11.6 Å². The SMILES string of the molecule is CC1CCC(CO)(CN2CCN(c3nccs3)CC2)CC1. The molecule has 0 bridgehead atoms. The second-order valence-electron chi connectivity index (χ2n) is 6.92. The molecule has 3 rings (SSSR count). The summed E-state index contributed by atoms with van der Waals surface area (Å²) in [5.74, 6) is 0.839. The molecule has 0 spiro atoms. The van der Waals surface area contributed by atoms with Crippen LogP contribution in [0.3, 0.4) is 0 Å². The van der Waals surface area contributed by atoms with E-state index in [9.17, 15) is 5.11 Å². The van der Waals surface area contributed by atoms with Gasteiger partial charge in [-0.2, -0.15) is 0 Å². The van der Waals surface area contributed by atoms with Crippen molar-refractivity contribution in [1.82, 2.24) is 9.88 Å². The van der Waals surface area contributed by atoms with Crippen molar-refractivity contribution < 1.29 is 5.11 Å². The lowest BCUT2D eigenvalue weighted by atomic mass is 9.71. The predicted octanol–water partition coefficient (Wildman–Crippen LogP) is 2.45. The fourth-order valence-corrected chi connectivity index (χ4v) is 4.38. The van der Waals surface area contributed by atoms with E-state index in [4.69, 9.17) is 0 Å². The first-order valence-corrected chi connectivity index (χ1v) is 9.06. The Morgan fingerprint density at radius 2 is 2.00 bits per heavy atom. The van der Waals surface area contributed by atoms with E-state index in [1.165, 1.54) is 25.7 Å². The maximum Gasteiger partial charge on any atom is 0.185 e. The minimum atomic E-state index is 0.163. The number of hydrogen-bond donors (Lipinski definition) is 1. The van der Waals surface area contributed by atoms with Crippen LogP contribution in [0.5, 0.6) is 0 Å². The Bertz CT molecular complexity index is 421. The summed E-state index contributed by atoms with van der Waals surface area (Å²) >= 11 is 1.73. The van der Waals surface area contributed by atoms with Crippen LogP contribution in [0.25, 0.3) is 0 Å². The van der Waals surface area contributed by atoms with Crippen LogP contribution in [0, 0.1) is 11.3 Å². The summed E-state index contributed by atoms with van der Waals surface area (Å²) in [6.07, 6.45) is 6.82. The van der Waals surface area contributed by atoms with E-state index in [1.807, 2.05) is 11.6 Å². The highest BCUT2D eigenvalue weighted by Crippen LogP contribution is 2.39. The molecular weight excluding hydrogens is 282 g/mol. The van der Waals surface area contributed by atoms with Gasteiger partial charge in [0, 0.05) is 56.3 Å². The molecule has 4 nitrogen and oxygen atoms in total. The van der Waals surface area contributed by atoms with E-state index in [0.717, 1.165) is 43.8 Å². The molecule has 5 heteroatoms. The summed E-state index contributed by atoms with van der Waals surface area (Å²) in [6, 6.07) is 0. The van der Waals surface area contributed by atoms with Crippen molar-refractivity contribution in [2.75, 3.05) is 44.2 Å². The summed E-state index contributed by atoms with van der Waals surface area (Å²) in [5, 5.41) is 13.1. The van der Waals surface area contributed by atoms with Crippen LogP contribution in [-0.2, 0) is 0 Å². The number of aromatic nitrogens is 1. The summed E-state index contributed by atoms with van der Waals surface area (Å²) in [4.78, 5) is 9.34. The molecule has 1 saturated carbocycles. The number of thiazole rings is 1. The van der Waals surface area contributed by atoms with Gasteiger partial charge in [-0.05, 0) is 18.8 Å². The number of hydrogen-bond acceptors (Lipinski definition) is 5. The van der Waals surface area contributed by atoms with Gasteiger partial charge >= 0.3 is 0 Å². The second-order valence-corrected chi connectivity index (χ2v) is 7.79. The third kappa shape index (κ3) is 3.58. The molecule has 21 heavy (non-hydrogen) atoms. The zero-order valence-electron chi connectivity index (χ0n) is 13.0. The highest BCUT2D eigenvalue weighted by molar-refractivity contribution is 7.13. The molecule has 0 unspecified atom stereocenters. The molecule has 0 atom stereocenters. The Kier molecular flexibility index (Phi) is 4.82. The third-order valence-electron chi connectivity index (χ3n) is 5.29. The zero-order valence-corrected chi connectivity index (χ0v) is 13.8. The topological polar surface area (TPSA) is 39.6 Å². The number of anilines is 1. The Balaban J connectivity index is 1.52. The fourth-order valence-electron chi connectivity index (χ4n) is 3.68.